The van der Waals surface area contributed by atoms with Crippen molar-refractivity contribution >= 4 is 28.1 Å². The molecular weight excluding hydrogens is 274 g/mol. The van der Waals surface area contributed by atoms with Crippen molar-refractivity contribution in [1.82, 2.24) is 9.66 Å². The number of amides is 1. The molecule has 0 bridgehead atoms. The Balaban J connectivity index is 1.97. The number of rotatable bonds is 2. The van der Waals surface area contributed by atoms with Gasteiger partial charge in [0.15, 0.2) is 0 Å². The summed E-state index contributed by atoms with van der Waals surface area (Å²) in [6.45, 7) is 1.92. The normalized spacial score (nSPS) is 10.7. The van der Waals surface area contributed by atoms with Crippen LogP contribution in [-0.4, -0.2) is 15.6 Å². The van der Waals surface area contributed by atoms with E-state index in [-0.39, 0.29) is 11.5 Å². The van der Waals surface area contributed by atoms with E-state index in [2.05, 4.69) is 10.4 Å². The summed E-state index contributed by atoms with van der Waals surface area (Å²) >= 11 is 1.38. The quantitative estimate of drug-likeness (QED) is 0.784. The first-order valence-electron chi connectivity index (χ1n) is 5.99. The molecule has 100 valence electrons. The van der Waals surface area contributed by atoms with Crippen molar-refractivity contribution in [3.8, 4) is 0 Å². The lowest BCUT2D eigenvalue weighted by atomic mass is 10.2. The third-order valence-electron chi connectivity index (χ3n) is 2.85. The average molecular weight is 285 g/mol. The smallest absolute Gasteiger partial charge is 0.267 e. The molecule has 0 aliphatic heterocycles. The topological polar surface area (TPSA) is 64.0 Å². The van der Waals surface area contributed by atoms with Crippen LogP contribution in [0, 0.1) is 6.92 Å². The van der Waals surface area contributed by atoms with Gasteiger partial charge in [-0.3, -0.25) is 15.0 Å². The molecule has 0 aliphatic rings. The van der Waals surface area contributed by atoms with E-state index in [9.17, 15) is 9.59 Å². The van der Waals surface area contributed by atoms with Gasteiger partial charge in [0, 0.05) is 4.88 Å². The van der Waals surface area contributed by atoms with Gasteiger partial charge in [0.25, 0.3) is 11.5 Å². The summed E-state index contributed by atoms with van der Waals surface area (Å²) in [5.41, 5.74) is 2.86. The van der Waals surface area contributed by atoms with Crippen molar-refractivity contribution in [3.63, 3.8) is 0 Å². The lowest BCUT2D eigenvalue weighted by molar-refractivity contribution is 0.101. The molecule has 0 fully saturated rings. The second kappa shape index (κ2) is 4.90. The van der Waals surface area contributed by atoms with Crippen molar-refractivity contribution in [3.05, 3.63) is 62.8 Å². The number of aromatic nitrogens is 2. The number of thiophene rings is 1. The molecule has 3 rings (SSSR count). The van der Waals surface area contributed by atoms with Gasteiger partial charge in [0.05, 0.1) is 15.8 Å². The predicted octanol–water partition coefficient (Wildman–Crippen LogP) is 2.15. The van der Waals surface area contributed by atoms with Gasteiger partial charge in [-0.25, -0.2) is 9.66 Å². The first-order chi connectivity index (χ1) is 9.65. The number of para-hydroxylation sites is 1. The highest BCUT2D eigenvalue weighted by atomic mass is 32.1. The molecule has 6 heteroatoms. The Hall–Kier alpha value is -2.47. The molecule has 1 N–H and O–H groups in total. The molecule has 0 saturated carbocycles. The molecule has 0 aliphatic carbocycles. The molecule has 5 nitrogen and oxygen atoms in total. The van der Waals surface area contributed by atoms with Crippen LogP contribution in [0.25, 0.3) is 10.9 Å². The number of carbonyl (C=O) groups is 1. The Kier molecular flexibility index (Phi) is 3.08. The fourth-order valence-electron chi connectivity index (χ4n) is 1.87. The van der Waals surface area contributed by atoms with Gasteiger partial charge in [-0.15, -0.1) is 11.3 Å². The van der Waals surface area contributed by atoms with Crippen molar-refractivity contribution in [2.24, 2.45) is 0 Å². The Morgan fingerprint density at radius 2 is 2.05 bits per heavy atom. The Labute approximate surface area is 118 Å². The zero-order valence-corrected chi connectivity index (χ0v) is 11.5. The zero-order chi connectivity index (χ0) is 14.1. The minimum absolute atomic E-state index is 0.294. The summed E-state index contributed by atoms with van der Waals surface area (Å²) in [5, 5.41) is 0.470. The molecule has 2 aromatic heterocycles. The van der Waals surface area contributed by atoms with Crippen LogP contribution in [0.15, 0.2) is 47.5 Å². The maximum atomic E-state index is 12.2. The Bertz CT molecular complexity index is 851. The van der Waals surface area contributed by atoms with Crippen molar-refractivity contribution in [1.29, 1.82) is 0 Å². The maximum Gasteiger partial charge on any atom is 0.280 e. The number of nitrogens with zero attached hydrogens (tertiary/aromatic N) is 2. The van der Waals surface area contributed by atoms with Crippen LogP contribution in [0.2, 0.25) is 0 Å². The van der Waals surface area contributed by atoms with E-state index in [1.807, 2.05) is 19.1 Å². The Morgan fingerprint density at radius 1 is 1.25 bits per heavy atom. The number of aryl methyl sites for hydroxylation is 1. The van der Waals surface area contributed by atoms with Crippen LogP contribution in [-0.2, 0) is 0 Å². The summed E-state index contributed by atoms with van der Waals surface area (Å²) in [4.78, 5) is 30.0. The van der Waals surface area contributed by atoms with E-state index in [0.717, 1.165) is 9.55 Å². The summed E-state index contributed by atoms with van der Waals surface area (Å²) < 4.78 is 1.11. The van der Waals surface area contributed by atoms with Gasteiger partial charge in [0.1, 0.15) is 6.33 Å². The van der Waals surface area contributed by atoms with E-state index in [1.165, 1.54) is 17.7 Å². The maximum absolute atomic E-state index is 12.2. The fraction of sp³-hybridized carbons (Fsp3) is 0.0714. The molecule has 20 heavy (non-hydrogen) atoms. The van der Waals surface area contributed by atoms with Gasteiger partial charge >= 0.3 is 0 Å². The summed E-state index contributed by atoms with van der Waals surface area (Å²) in [6, 6.07) is 10.6. The molecule has 0 radical (unpaired) electrons. The first-order valence-corrected chi connectivity index (χ1v) is 6.81. The van der Waals surface area contributed by atoms with Crippen molar-refractivity contribution < 1.29 is 4.79 Å². The molecule has 3 aromatic rings. The zero-order valence-electron chi connectivity index (χ0n) is 10.7. The highest BCUT2D eigenvalue weighted by molar-refractivity contribution is 7.14. The third-order valence-corrected chi connectivity index (χ3v) is 3.85. The highest BCUT2D eigenvalue weighted by Gasteiger charge is 2.10. The second-order valence-corrected chi connectivity index (χ2v) is 5.58. The largest absolute Gasteiger partial charge is 0.280 e. The highest BCUT2D eigenvalue weighted by Crippen LogP contribution is 2.14. The summed E-state index contributed by atoms with van der Waals surface area (Å²) in [6.07, 6.45) is 1.32. The molecule has 2 heterocycles. The molecule has 0 atom stereocenters. The molecule has 0 saturated heterocycles. The lowest BCUT2D eigenvalue weighted by Crippen LogP contribution is -2.32. The summed E-state index contributed by atoms with van der Waals surface area (Å²) in [7, 11) is 0. The Morgan fingerprint density at radius 3 is 2.80 bits per heavy atom. The standard InChI is InChI=1S/C14H11N3O2S/c1-9-6-7-12(20-9)13(18)16-17-8-15-11-5-3-2-4-10(11)14(17)19/h2-8H,1H3,(H,16,18). The van der Waals surface area contributed by atoms with Crippen molar-refractivity contribution in [2.75, 3.05) is 5.43 Å². The van der Waals surface area contributed by atoms with E-state index in [1.54, 1.807) is 24.3 Å². The monoisotopic (exact) mass is 285 g/mol. The van der Waals surface area contributed by atoms with Gasteiger partial charge in [0.2, 0.25) is 0 Å². The van der Waals surface area contributed by atoms with Gasteiger partial charge < -0.3 is 0 Å². The van der Waals surface area contributed by atoms with Crippen LogP contribution in [0.1, 0.15) is 14.5 Å². The van der Waals surface area contributed by atoms with Crippen LogP contribution in [0.3, 0.4) is 0 Å². The fourth-order valence-corrected chi connectivity index (χ4v) is 2.63. The third kappa shape index (κ3) is 2.21. The van der Waals surface area contributed by atoms with E-state index in [4.69, 9.17) is 0 Å². The number of hydrogen-bond donors (Lipinski definition) is 1. The van der Waals surface area contributed by atoms with Gasteiger partial charge in [-0.05, 0) is 31.2 Å². The van der Waals surface area contributed by atoms with E-state index in [0.29, 0.717) is 15.8 Å². The van der Waals surface area contributed by atoms with Gasteiger partial charge in [-0.1, -0.05) is 12.1 Å². The van der Waals surface area contributed by atoms with E-state index >= 15 is 0 Å². The molecule has 0 spiro atoms. The van der Waals surface area contributed by atoms with Crippen molar-refractivity contribution in [2.45, 2.75) is 6.92 Å². The SMILES string of the molecule is Cc1ccc(C(=O)Nn2cnc3ccccc3c2=O)s1. The number of fused-ring (bicyclic) bond motifs is 1. The average Bonchev–Trinajstić information content (AvgIpc) is 2.89. The second-order valence-electron chi connectivity index (χ2n) is 4.29. The molecule has 0 unspecified atom stereocenters. The van der Waals surface area contributed by atoms with Crippen LogP contribution in [0.4, 0.5) is 0 Å². The molecule has 1 amide bonds. The minimum atomic E-state index is -0.317. The number of carbonyl (C=O) groups excluding carboxylic acids is 1. The minimum Gasteiger partial charge on any atom is -0.267 e. The van der Waals surface area contributed by atoms with E-state index < -0.39 is 0 Å². The summed E-state index contributed by atoms with van der Waals surface area (Å²) in [5.74, 6) is -0.317. The van der Waals surface area contributed by atoms with Crippen LogP contribution in [0.5, 0.6) is 0 Å². The van der Waals surface area contributed by atoms with Crippen LogP contribution >= 0.6 is 11.3 Å². The van der Waals surface area contributed by atoms with Gasteiger partial charge in [-0.2, -0.15) is 0 Å². The predicted molar refractivity (Wildman–Crippen MR) is 78.8 cm³/mol. The first kappa shape index (κ1) is 12.6. The molecule has 1 aromatic carbocycles. The lowest BCUT2D eigenvalue weighted by Gasteiger charge is -2.07. The number of benzene rings is 1. The number of hydrogen-bond acceptors (Lipinski definition) is 4. The molecular formula is C14H11N3O2S. The van der Waals surface area contributed by atoms with Crippen LogP contribution < -0.4 is 11.0 Å². The number of nitrogens with one attached hydrogen (secondary N) is 1.